The minimum Gasteiger partial charge on any atom is -0.508 e. The standard InChI is InChI=1S/C27H30O14/c1-10-19(30)22(33)24(35)26(38-10)37-9-17-21(32)23(34)25(36)27(41-17)40-15-8-13(29)7-14-18(15)20(31)16(39-14)6-11-2-4-12(28)5-3-11/h2-8,10,17,19,21-30,32-36H,9H2,1H3/b16-6+/t10-,17+,19-,21+,22+,23-,24+,25+,26+,27+/m0/s1. The molecule has 222 valence electrons. The molecular weight excluding hydrogens is 548 g/mol. The van der Waals surface area contributed by atoms with Gasteiger partial charge in [0.25, 0.3) is 0 Å². The average molecular weight is 579 g/mol. The summed E-state index contributed by atoms with van der Waals surface area (Å²) in [5.74, 6) is -1.33. The lowest BCUT2D eigenvalue weighted by Crippen LogP contribution is -2.61. The Morgan fingerprint density at radius 3 is 2.17 bits per heavy atom. The van der Waals surface area contributed by atoms with Crippen molar-refractivity contribution in [3.05, 3.63) is 53.3 Å². The molecule has 0 amide bonds. The molecule has 8 N–H and O–H groups in total. The average Bonchev–Trinajstić information content (AvgIpc) is 3.25. The second-order valence-corrected chi connectivity index (χ2v) is 10.00. The van der Waals surface area contributed by atoms with E-state index in [1.807, 2.05) is 0 Å². The van der Waals surface area contributed by atoms with Crippen molar-refractivity contribution in [2.24, 2.45) is 0 Å². The van der Waals surface area contributed by atoms with Gasteiger partial charge in [-0.3, -0.25) is 4.79 Å². The zero-order valence-electron chi connectivity index (χ0n) is 21.5. The Kier molecular flexibility index (Phi) is 8.20. The van der Waals surface area contributed by atoms with Crippen LogP contribution >= 0.6 is 0 Å². The fraction of sp³-hybridized carbons (Fsp3) is 0.444. The zero-order chi connectivity index (χ0) is 29.6. The summed E-state index contributed by atoms with van der Waals surface area (Å²) in [5, 5.41) is 81.2. The summed E-state index contributed by atoms with van der Waals surface area (Å²) >= 11 is 0. The molecule has 2 aromatic rings. The van der Waals surface area contributed by atoms with Crippen molar-refractivity contribution in [1.29, 1.82) is 0 Å². The highest BCUT2D eigenvalue weighted by molar-refractivity contribution is 6.16. The number of ether oxygens (including phenoxy) is 5. The van der Waals surface area contributed by atoms with E-state index in [1.54, 1.807) is 12.1 Å². The molecule has 10 atom stereocenters. The first-order valence-electron chi connectivity index (χ1n) is 12.7. The van der Waals surface area contributed by atoms with Crippen LogP contribution in [0.4, 0.5) is 0 Å². The number of carbonyl (C=O) groups excluding carboxylic acids is 1. The summed E-state index contributed by atoms with van der Waals surface area (Å²) in [5.41, 5.74) is 0.442. The van der Waals surface area contributed by atoms with Gasteiger partial charge in [0.2, 0.25) is 12.1 Å². The van der Waals surface area contributed by atoms with E-state index in [2.05, 4.69) is 0 Å². The normalized spacial score (nSPS) is 36.2. The monoisotopic (exact) mass is 578 g/mol. The molecule has 0 bridgehead atoms. The molecule has 0 aromatic heterocycles. The molecule has 41 heavy (non-hydrogen) atoms. The summed E-state index contributed by atoms with van der Waals surface area (Å²) in [4.78, 5) is 13.2. The molecule has 0 radical (unpaired) electrons. The molecule has 2 fully saturated rings. The predicted octanol–water partition coefficient (Wildman–Crippen LogP) is -1.26. The van der Waals surface area contributed by atoms with Crippen molar-refractivity contribution in [2.45, 2.75) is 68.3 Å². The van der Waals surface area contributed by atoms with Crippen molar-refractivity contribution in [2.75, 3.05) is 6.61 Å². The Bertz CT molecular complexity index is 1300. The second-order valence-electron chi connectivity index (χ2n) is 10.00. The Hall–Kier alpha value is -3.31. The number of benzene rings is 2. The number of aliphatic hydroxyl groups excluding tert-OH is 6. The summed E-state index contributed by atoms with van der Waals surface area (Å²) in [6.07, 6.45) is -13.7. The van der Waals surface area contributed by atoms with Gasteiger partial charge in [-0.1, -0.05) is 12.1 Å². The van der Waals surface area contributed by atoms with E-state index < -0.39 is 73.8 Å². The largest absolute Gasteiger partial charge is 0.508 e. The third-order valence-corrected chi connectivity index (χ3v) is 7.06. The first kappa shape index (κ1) is 29.2. The summed E-state index contributed by atoms with van der Waals surface area (Å²) < 4.78 is 27.8. The van der Waals surface area contributed by atoms with Crippen LogP contribution < -0.4 is 9.47 Å². The lowest BCUT2D eigenvalue weighted by Gasteiger charge is -2.42. The molecule has 0 spiro atoms. The lowest BCUT2D eigenvalue weighted by molar-refractivity contribution is -0.318. The van der Waals surface area contributed by atoms with Crippen LogP contribution in [0.15, 0.2) is 42.2 Å². The van der Waals surface area contributed by atoms with Gasteiger partial charge in [-0.05, 0) is 30.7 Å². The fourth-order valence-electron chi connectivity index (χ4n) is 4.70. The van der Waals surface area contributed by atoms with Gasteiger partial charge in [0, 0.05) is 12.1 Å². The number of allylic oxidation sites excluding steroid dienone is 1. The van der Waals surface area contributed by atoms with E-state index in [9.17, 15) is 45.6 Å². The van der Waals surface area contributed by atoms with Gasteiger partial charge in [0.05, 0.1) is 12.7 Å². The number of Topliss-reactive ketones (excluding diaryl/α,β-unsaturated/α-hetero) is 1. The number of hydrogen-bond acceptors (Lipinski definition) is 14. The van der Waals surface area contributed by atoms with Crippen molar-refractivity contribution in [3.63, 3.8) is 0 Å². The first-order valence-corrected chi connectivity index (χ1v) is 12.7. The fourth-order valence-corrected chi connectivity index (χ4v) is 4.70. The minimum absolute atomic E-state index is 0.0326. The Morgan fingerprint density at radius 1 is 0.805 bits per heavy atom. The number of aromatic hydroxyl groups is 2. The SMILES string of the molecule is C[C@@H]1O[C@@H](OC[C@H]2O[C@@H](Oc3cc(O)cc4c3C(=O)/C(=C\c3ccc(O)cc3)O4)[C@H](O)[C@@H](O)[C@@H]2O)[C@H](O)[C@H](O)[C@H]1O. The van der Waals surface area contributed by atoms with Crippen LogP contribution in [0.3, 0.4) is 0 Å². The Labute approximate surface area is 232 Å². The molecule has 3 aliphatic rings. The van der Waals surface area contributed by atoms with Crippen LogP contribution in [0, 0.1) is 0 Å². The molecule has 0 unspecified atom stereocenters. The number of rotatable bonds is 6. The van der Waals surface area contributed by atoms with Crippen molar-refractivity contribution in [1.82, 2.24) is 0 Å². The van der Waals surface area contributed by atoms with Gasteiger partial charge >= 0.3 is 0 Å². The zero-order valence-corrected chi connectivity index (χ0v) is 21.5. The molecule has 5 rings (SSSR count). The van der Waals surface area contributed by atoms with Gasteiger partial charge in [-0.2, -0.15) is 0 Å². The van der Waals surface area contributed by atoms with E-state index in [-0.39, 0.29) is 34.3 Å². The maximum atomic E-state index is 13.2. The van der Waals surface area contributed by atoms with E-state index in [4.69, 9.17) is 23.7 Å². The van der Waals surface area contributed by atoms with Gasteiger partial charge in [-0.25, -0.2) is 0 Å². The van der Waals surface area contributed by atoms with Crippen LogP contribution in [-0.4, -0.2) is 115 Å². The number of fused-ring (bicyclic) bond motifs is 1. The second kappa shape index (κ2) is 11.5. The molecule has 14 nitrogen and oxygen atoms in total. The molecule has 3 aliphatic heterocycles. The molecule has 3 heterocycles. The number of aliphatic hydroxyl groups is 6. The molecule has 0 aliphatic carbocycles. The molecule has 2 saturated heterocycles. The van der Waals surface area contributed by atoms with Gasteiger partial charge in [0.1, 0.15) is 71.3 Å². The van der Waals surface area contributed by atoms with Gasteiger partial charge in [-0.15, -0.1) is 0 Å². The van der Waals surface area contributed by atoms with Crippen LogP contribution in [0.1, 0.15) is 22.8 Å². The van der Waals surface area contributed by atoms with E-state index in [1.165, 1.54) is 31.2 Å². The van der Waals surface area contributed by atoms with Crippen LogP contribution in [0.2, 0.25) is 0 Å². The molecule has 0 saturated carbocycles. The van der Waals surface area contributed by atoms with Crippen LogP contribution in [-0.2, 0) is 14.2 Å². The predicted molar refractivity (Wildman–Crippen MR) is 135 cm³/mol. The van der Waals surface area contributed by atoms with E-state index in [0.29, 0.717) is 5.56 Å². The minimum atomic E-state index is -1.81. The highest BCUT2D eigenvalue weighted by atomic mass is 16.7. The van der Waals surface area contributed by atoms with Crippen molar-refractivity contribution >= 4 is 11.9 Å². The molecule has 2 aromatic carbocycles. The van der Waals surface area contributed by atoms with Crippen molar-refractivity contribution in [3.8, 4) is 23.0 Å². The third kappa shape index (κ3) is 5.74. The highest BCUT2D eigenvalue weighted by Gasteiger charge is 2.48. The van der Waals surface area contributed by atoms with Crippen LogP contribution in [0.5, 0.6) is 23.0 Å². The Morgan fingerprint density at radius 2 is 1.46 bits per heavy atom. The quantitative estimate of drug-likeness (QED) is 0.187. The lowest BCUT2D eigenvalue weighted by atomic mass is 9.98. The highest BCUT2D eigenvalue weighted by Crippen LogP contribution is 2.42. The number of phenols is 2. The summed E-state index contributed by atoms with van der Waals surface area (Å²) in [6, 6.07) is 8.23. The van der Waals surface area contributed by atoms with Crippen molar-refractivity contribution < 1.29 is 69.3 Å². The maximum Gasteiger partial charge on any atom is 0.235 e. The van der Waals surface area contributed by atoms with E-state index >= 15 is 0 Å². The van der Waals surface area contributed by atoms with Gasteiger partial charge < -0.3 is 64.5 Å². The number of ketones is 1. The topological polar surface area (TPSA) is 225 Å². The third-order valence-electron chi connectivity index (χ3n) is 7.06. The van der Waals surface area contributed by atoms with Crippen LogP contribution in [0.25, 0.3) is 6.08 Å². The molecule has 14 heteroatoms. The number of phenolic OH excluding ortho intramolecular Hbond substituents is 2. The summed E-state index contributed by atoms with van der Waals surface area (Å²) in [6.45, 7) is 0.942. The Balaban J connectivity index is 1.33. The first-order chi connectivity index (χ1) is 19.4. The summed E-state index contributed by atoms with van der Waals surface area (Å²) in [7, 11) is 0. The smallest absolute Gasteiger partial charge is 0.235 e. The van der Waals surface area contributed by atoms with Gasteiger partial charge in [0.15, 0.2) is 12.0 Å². The molecular formula is C27H30O14. The number of hydrogen-bond donors (Lipinski definition) is 8. The van der Waals surface area contributed by atoms with E-state index in [0.717, 1.165) is 6.07 Å². The number of carbonyl (C=O) groups is 1. The maximum absolute atomic E-state index is 13.2.